The van der Waals surface area contributed by atoms with Gasteiger partial charge in [0.25, 0.3) is 0 Å². The van der Waals surface area contributed by atoms with Crippen molar-refractivity contribution in [2.45, 2.75) is 29.1 Å². The van der Waals surface area contributed by atoms with Gasteiger partial charge in [0, 0.05) is 42.5 Å². The normalized spacial score (nSPS) is 13.9. The van der Waals surface area contributed by atoms with E-state index in [-0.39, 0.29) is 5.41 Å². The first-order valence-corrected chi connectivity index (χ1v) is 17.8. The third-order valence-corrected chi connectivity index (χ3v) is 11.7. The molecule has 0 bridgehead atoms. The number of hydrogen-bond donors (Lipinski definition) is 0. The summed E-state index contributed by atoms with van der Waals surface area (Å²) in [7, 11) is 0. The Balaban J connectivity index is 1.24. The highest BCUT2D eigenvalue weighted by Gasteiger charge is 2.35. The Morgan fingerprint density at radius 2 is 1.24 bits per heavy atom. The lowest BCUT2D eigenvalue weighted by Crippen LogP contribution is -2.15. The Labute approximate surface area is 292 Å². The highest BCUT2D eigenvalue weighted by molar-refractivity contribution is 7.99. The molecule has 3 aromatic heterocycles. The minimum Gasteiger partial charge on any atom is -0.293 e. The van der Waals surface area contributed by atoms with E-state index >= 15 is 0 Å². The fourth-order valence-corrected chi connectivity index (χ4v) is 9.38. The molecular formula is C44H29N5S. The van der Waals surface area contributed by atoms with Crippen molar-refractivity contribution in [1.82, 2.24) is 24.1 Å². The van der Waals surface area contributed by atoms with Crippen LogP contribution >= 0.6 is 11.8 Å². The second-order valence-electron chi connectivity index (χ2n) is 13.7. The SMILES string of the molecule is CC1(C)c2ccccc2-c2ccc(-c3nc(-c4ccccc4)nc(-n4c5ccccc5c5c6cccc7c6n(c54)-c4ccccc4S7)n3)cc21. The minimum atomic E-state index is -0.138. The van der Waals surface area contributed by atoms with Crippen molar-refractivity contribution in [3.05, 3.63) is 151 Å². The Hall–Kier alpha value is -5.98. The van der Waals surface area contributed by atoms with E-state index in [4.69, 9.17) is 15.0 Å². The first-order chi connectivity index (χ1) is 24.6. The van der Waals surface area contributed by atoms with Crippen LogP contribution in [0.5, 0.6) is 0 Å². The van der Waals surface area contributed by atoms with E-state index in [2.05, 4.69) is 144 Å². The molecule has 0 spiro atoms. The van der Waals surface area contributed by atoms with Crippen LogP contribution < -0.4 is 0 Å². The van der Waals surface area contributed by atoms with E-state index in [1.54, 1.807) is 0 Å². The number of para-hydroxylation sites is 3. The smallest absolute Gasteiger partial charge is 0.239 e. The third-order valence-electron chi connectivity index (χ3n) is 10.6. The summed E-state index contributed by atoms with van der Waals surface area (Å²) in [5, 5.41) is 3.61. The highest BCUT2D eigenvalue weighted by atomic mass is 32.2. The van der Waals surface area contributed by atoms with Crippen molar-refractivity contribution in [3.8, 4) is 45.5 Å². The topological polar surface area (TPSA) is 48.5 Å². The molecule has 0 fully saturated rings. The van der Waals surface area contributed by atoms with Gasteiger partial charge in [0.2, 0.25) is 5.95 Å². The first-order valence-electron chi connectivity index (χ1n) is 17.0. The standard InChI is InChI=1S/C44H29N5S/c1-44(2)32-18-8-6-15-28(32)29-24-23-27(25-33(29)44)41-45-40(26-13-4-3-5-14-26)46-43(47-41)49-34-19-9-7-16-30(34)38-31-17-12-22-37-39(31)48(42(38)49)35-20-10-11-21-36(35)50-37/h3-25H,1-2H3. The van der Waals surface area contributed by atoms with Crippen LogP contribution in [0.3, 0.4) is 0 Å². The van der Waals surface area contributed by atoms with Crippen molar-refractivity contribution >= 4 is 44.6 Å². The van der Waals surface area contributed by atoms with Crippen LogP contribution in [-0.2, 0) is 5.41 Å². The molecule has 6 heteroatoms. The fraction of sp³-hybridized carbons (Fsp3) is 0.0682. The number of nitrogens with zero attached hydrogens (tertiary/aromatic N) is 5. The zero-order valence-electron chi connectivity index (χ0n) is 27.4. The lowest BCUT2D eigenvalue weighted by atomic mass is 9.82. The molecule has 0 radical (unpaired) electrons. The van der Waals surface area contributed by atoms with Crippen LogP contribution in [-0.4, -0.2) is 24.1 Å². The maximum Gasteiger partial charge on any atom is 0.239 e. The summed E-state index contributed by atoms with van der Waals surface area (Å²) >= 11 is 1.83. The van der Waals surface area contributed by atoms with E-state index < -0.39 is 0 Å². The van der Waals surface area contributed by atoms with Gasteiger partial charge < -0.3 is 0 Å². The first kappa shape index (κ1) is 27.9. The van der Waals surface area contributed by atoms with Gasteiger partial charge in [0.05, 0.1) is 16.7 Å². The zero-order chi connectivity index (χ0) is 33.1. The van der Waals surface area contributed by atoms with Gasteiger partial charge in [-0.25, -0.2) is 4.98 Å². The van der Waals surface area contributed by atoms with Crippen molar-refractivity contribution in [3.63, 3.8) is 0 Å². The zero-order valence-corrected chi connectivity index (χ0v) is 28.2. The summed E-state index contributed by atoms with van der Waals surface area (Å²) < 4.78 is 4.68. The van der Waals surface area contributed by atoms with E-state index in [9.17, 15) is 0 Å². The monoisotopic (exact) mass is 659 g/mol. The molecule has 50 heavy (non-hydrogen) atoms. The minimum absolute atomic E-state index is 0.138. The van der Waals surface area contributed by atoms with E-state index in [1.165, 1.54) is 59.4 Å². The number of hydrogen-bond acceptors (Lipinski definition) is 4. The second kappa shape index (κ2) is 10.0. The molecule has 9 aromatic rings. The van der Waals surface area contributed by atoms with Gasteiger partial charge in [0.15, 0.2) is 11.6 Å². The third kappa shape index (κ3) is 3.71. The summed E-state index contributed by atoms with van der Waals surface area (Å²) in [4.78, 5) is 18.3. The molecule has 11 rings (SSSR count). The predicted octanol–water partition coefficient (Wildman–Crippen LogP) is 11.0. The average molecular weight is 660 g/mol. The predicted molar refractivity (Wildman–Crippen MR) is 204 cm³/mol. The average Bonchev–Trinajstić information content (AvgIpc) is 3.76. The van der Waals surface area contributed by atoms with Gasteiger partial charge in [-0.2, -0.15) is 9.97 Å². The molecule has 0 saturated heterocycles. The van der Waals surface area contributed by atoms with E-state index in [1.807, 2.05) is 30.0 Å². The van der Waals surface area contributed by atoms with Gasteiger partial charge in [-0.1, -0.05) is 135 Å². The van der Waals surface area contributed by atoms with Crippen molar-refractivity contribution in [2.75, 3.05) is 0 Å². The van der Waals surface area contributed by atoms with Gasteiger partial charge in [-0.05, 0) is 52.6 Å². The summed E-state index contributed by atoms with van der Waals surface area (Å²) in [6.45, 7) is 4.62. The molecule has 0 saturated carbocycles. The Morgan fingerprint density at radius 3 is 2.14 bits per heavy atom. The lowest BCUT2D eigenvalue weighted by Gasteiger charge is -2.22. The van der Waals surface area contributed by atoms with Crippen LogP contribution in [0.2, 0.25) is 0 Å². The Bertz CT molecular complexity index is 2880. The van der Waals surface area contributed by atoms with Gasteiger partial charge in [-0.3, -0.25) is 9.13 Å². The molecule has 6 aromatic carbocycles. The maximum atomic E-state index is 5.36. The highest BCUT2D eigenvalue weighted by Crippen LogP contribution is 2.51. The lowest BCUT2D eigenvalue weighted by molar-refractivity contribution is 0.660. The van der Waals surface area contributed by atoms with Gasteiger partial charge in [0.1, 0.15) is 5.65 Å². The van der Waals surface area contributed by atoms with Crippen molar-refractivity contribution in [2.24, 2.45) is 0 Å². The van der Waals surface area contributed by atoms with Gasteiger partial charge in [-0.15, -0.1) is 0 Å². The summed E-state index contributed by atoms with van der Waals surface area (Å²) in [6, 6.07) is 49.7. The molecule has 0 atom stereocenters. The molecular weight excluding hydrogens is 631 g/mol. The Kier molecular flexibility index (Phi) is 5.60. The van der Waals surface area contributed by atoms with Crippen LogP contribution in [0.25, 0.3) is 78.4 Å². The molecule has 236 valence electrons. The number of aromatic nitrogens is 5. The fourth-order valence-electron chi connectivity index (χ4n) is 8.28. The summed E-state index contributed by atoms with van der Waals surface area (Å²) in [5.41, 5.74) is 11.5. The molecule has 0 amide bonds. The van der Waals surface area contributed by atoms with E-state index in [0.29, 0.717) is 17.6 Å². The summed E-state index contributed by atoms with van der Waals surface area (Å²) in [6.07, 6.45) is 0. The number of fused-ring (bicyclic) bond motifs is 10. The van der Waals surface area contributed by atoms with Crippen LogP contribution in [0.15, 0.2) is 149 Å². The second-order valence-corrected chi connectivity index (χ2v) is 14.8. The molecule has 5 nitrogen and oxygen atoms in total. The van der Waals surface area contributed by atoms with Gasteiger partial charge >= 0.3 is 0 Å². The quantitative estimate of drug-likeness (QED) is 0.189. The molecule has 1 aliphatic carbocycles. The molecule has 0 N–H and O–H groups in total. The van der Waals surface area contributed by atoms with E-state index in [0.717, 1.165) is 22.3 Å². The summed E-state index contributed by atoms with van der Waals surface area (Å²) in [5.74, 6) is 1.89. The van der Waals surface area contributed by atoms with Crippen LogP contribution in [0.1, 0.15) is 25.0 Å². The van der Waals surface area contributed by atoms with Crippen LogP contribution in [0.4, 0.5) is 0 Å². The maximum absolute atomic E-state index is 5.36. The number of rotatable bonds is 3. The largest absolute Gasteiger partial charge is 0.293 e. The molecule has 1 aliphatic heterocycles. The number of benzene rings is 6. The molecule has 4 heterocycles. The Morgan fingerprint density at radius 1 is 0.540 bits per heavy atom. The molecule has 2 aliphatic rings. The van der Waals surface area contributed by atoms with Crippen LogP contribution in [0, 0.1) is 0 Å². The van der Waals surface area contributed by atoms with Crippen molar-refractivity contribution < 1.29 is 0 Å². The van der Waals surface area contributed by atoms with Crippen molar-refractivity contribution in [1.29, 1.82) is 0 Å². The molecule has 0 unspecified atom stereocenters.